The fraction of sp³-hybridized carbons (Fsp3) is 0.611. The molecule has 0 amide bonds. The maximum atomic E-state index is 13.8. The fourth-order valence-electron chi connectivity index (χ4n) is 3.33. The first-order valence-corrected chi connectivity index (χ1v) is 8.81. The smallest absolute Gasteiger partial charge is 0.191 e. The van der Waals surface area contributed by atoms with Crippen molar-refractivity contribution in [1.82, 2.24) is 15.5 Å². The number of aliphatic imine (C=N–C) groups is 1. The quantitative estimate of drug-likeness (QED) is 0.656. The van der Waals surface area contributed by atoms with Gasteiger partial charge in [-0.3, -0.25) is 9.89 Å². The number of halogens is 2. The van der Waals surface area contributed by atoms with Gasteiger partial charge >= 0.3 is 0 Å². The highest BCUT2D eigenvalue weighted by atomic mass is 19.1. The Balaban J connectivity index is 1.55. The molecule has 1 aliphatic heterocycles. The van der Waals surface area contributed by atoms with E-state index in [2.05, 4.69) is 20.5 Å². The summed E-state index contributed by atoms with van der Waals surface area (Å²) in [5.74, 6) is -0.0938. The van der Waals surface area contributed by atoms with E-state index >= 15 is 0 Å². The van der Waals surface area contributed by atoms with Gasteiger partial charge in [0.05, 0.1) is 0 Å². The molecule has 1 unspecified atom stereocenters. The molecule has 132 valence electrons. The molecule has 1 aliphatic carbocycles. The van der Waals surface area contributed by atoms with Gasteiger partial charge in [0.25, 0.3) is 0 Å². The lowest BCUT2D eigenvalue weighted by Crippen LogP contribution is -2.53. The van der Waals surface area contributed by atoms with E-state index in [1.54, 1.807) is 7.05 Å². The molecule has 1 saturated carbocycles. The van der Waals surface area contributed by atoms with Crippen LogP contribution in [0.25, 0.3) is 0 Å². The molecule has 3 rings (SSSR count). The summed E-state index contributed by atoms with van der Waals surface area (Å²) in [7, 11) is 1.78. The predicted molar refractivity (Wildman–Crippen MR) is 91.9 cm³/mol. The summed E-state index contributed by atoms with van der Waals surface area (Å²) in [4.78, 5) is 6.41. The molecule has 1 aromatic carbocycles. The molecule has 1 heterocycles. The molecule has 4 nitrogen and oxygen atoms in total. The SMILES string of the molecule is CN=C(NC1CCC1)NC1CCCN(Cc2c(F)cccc2F)C1. The Labute approximate surface area is 142 Å². The molecule has 0 aromatic heterocycles. The number of hydrogen-bond donors (Lipinski definition) is 2. The molecule has 0 radical (unpaired) electrons. The Kier molecular flexibility index (Phi) is 5.66. The van der Waals surface area contributed by atoms with Gasteiger partial charge in [-0.2, -0.15) is 0 Å². The van der Waals surface area contributed by atoms with Crippen LogP contribution in [0.4, 0.5) is 8.78 Å². The summed E-state index contributed by atoms with van der Waals surface area (Å²) in [6.07, 6.45) is 5.73. The zero-order valence-corrected chi connectivity index (χ0v) is 14.2. The van der Waals surface area contributed by atoms with Crippen LogP contribution < -0.4 is 10.6 Å². The van der Waals surface area contributed by atoms with Crippen molar-refractivity contribution in [2.45, 2.75) is 50.7 Å². The summed E-state index contributed by atoms with van der Waals surface area (Å²) in [6, 6.07) is 4.83. The van der Waals surface area contributed by atoms with Crippen molar-refractivity contribution in [2.24, 2.45) is 4.99 Å². The highest BCUT2D eigenvalue weighted by Crippen LogP contribution is 2.19. The Morgan fingerprint density at radius 1 is 1.12 bits per heavy atom. The molecule has 2 aliphatic rings. The normalized spacial score (nSPS) is 23.0. The lowest BCUT2D eigenvalue weighted by molar-refractivity contribution is 0.188. The van der Waals surface area contributed by atoms with E-state index in [9.17, 15) is 8.78 Å². The highest BCUT2D eigenvalue weighted by molar-refractivity contribution is 5.80. The molecule has 1 atom stereocenters. The second-order valence-electron chi connectivity index (χ2n) is 6.76. The highest BCUT2D eigenvalue weighted by Gasteiger charge is 2.24. The minimum absolute atomic E-state index is 0.162. The Morgan fingerprint density at radius 2 is 1.79 bits per heavy atom. The first kappa shape index (κ1) is 17.1. The molecule has 0 spiro atoms. The van der Waals surface area contributed by atoms with Gasteiger partial charge in [-0.25, -0.2) is 8.78 Å². The summed E-state index contributed by atoms with van der Waals surface area (Å²) in [5.41, 5.74) is 0.162. The lowest BCUT2D eigenvalue weighted by Gasteiger charge is -2.35. The van der Waals surface area contributed by atoms with Gasteiger partial charge in [0.2, 0.25) is 0 Å². The van der Waals surface area contributed by atoms with Gasteiger partial charge in [0.15, 0.2) is 5.96 Å². The number of benzene rings is 1. The van der Waals surface area contributed by atoms with Crippen LogP contribution in [0.3, 0.4) is 0 Å². The number of nitrogens with one attached hydrogen (secondary N) is 2. The lowest BCUT2D eigenvalue weighted by atomic mass is 9.93. The minimum Gasteiger partial charge on any atom is -0.354 e. The van der Waals surface area contributed by atoms with Gasteiger partial charge in [-0.1, -0.05) is 6.07 Å². The third kappa shape index (κ3) is 4.23. The van der Waals surface area contributed by atoms with Crippen LogP contribution in [-0.4, -0.2) is 43.1 Å². The summed E-state index contributed by atoms with van der Waals surface area (Å²) in [6.45, 7) is 1.94. The van der Waals surface area contributed by atoms with E-state index in [1.165, 1.54) is 37.5 Å². The molecule has 2 fully saturated rings. The van der Waals surface area contributed by atoms with Crippen molar-refractivity contribution >= 4 is 5.96 Å². The topological polar surface area (TPSA) is 39.7 Å². The summed E-state index contributed by atoms with van der Waals surface area (Å²) < 4.78 is 27.7. The molecule has 24 heavy (non-hydrogen) atoms. The standard InChI is InChI=1S/C18H26F2N4/c1-21-18(22-13-5-2-6-13)23-14-7-4-10-24(11-14)12-15-16(19)8-3-9-17(15)20/h3,8-9,13-14H,2,4-7,10-12H2,1H3,(H2,21,22,23). The zero-order valence-electron chi connectivity index (χ0n) is 14.2. The Hall–Kier alpha value is -1.69. The van der Waals surface area contributed by atoms with Crippen molar-refractivity contribution in [2.75, 3.05) is 20.1 Å². The summed E-state index contributed by atoms with van der Waals surface area (Å²) >= 11 is 0. The predicted octanol–water partition coefficient (Wildman–Crippen LogP) is 2.65. The number of piperidine rings is 1. The van der Waals surface area contributed by atoms with Crippen LogP contribution in [0.1, 0.15) is 37.7 Å². The number of hydrogen-bond acceptors (Lipinski definition) is 2. The summed E-state index contributed by atoms with van der Waals surface area (Å²) in [5, 5.41) is 6.89. The molecular weight excluding hydrogens is 310 g/mol. The van der Waals surface area contributed by atoms with Crippen molar-refractivity contribution in [3.63, 3.8) is 0 Å². The average Bonchev–Trinajstić information content (AvgIpc) is 2.53. The van der Waals surface area contributed by atoms with Crippen molar-refractivity contribution in [1.29, 1.82) is 0 Å². The number of nitrogens with zero attached hydrogens (tertiary/aromatic N) is 2. The first-order chi connectivity index (χ1) is 11.7. The van der Waals surface area contributed by atoms with E-state index in [-0.39, 0.29) is 11.6 Å². The van der Waals surface area contributed by atoms with E-state index in [1.807, 2.05) is 0 Å². The van der Waals surface area contributed by atoms with Gasteiger partial charge in [0, 0.05) is 37.8 Å². The number of guanidine groups is 1. The largest absolute Gasteiger partial charge is 0.354 e. The van der Waals surface area contributed by atoms with Crippen LogP contribution >= 0.6 is 0 Å². The molecular formula is C18H26F2N4. The Bertz CT molecular complexity index is 566. The van der Waals surface area contributed by atoms with Crippen LogP contribution in [0.5, 0.6) is 0 Å². The maximum Gasteiger partial charge on any atom is 0.191 e. The fourth-order valence-corrected chi connectivity index (χ4v) is 3.33. The van der Waals surface area contributed by atoms with Gasteiger partial charge in [-0.05, 0) is 50.8 Å². The molecule has 1 aromatic rings. The van der Waals surface area contributed by atoms with E-state index in [4.69, 9.17) is 0 Å². The number of rotatable bonds is 4. The van der Waals surface area contributed by atoms with E-state index in [0.717, 1.165) is 31.9 Å². The van der Waals surface area contributed by atoms with Gasteiger partial charge in [0.1, 0.15) is 11.6 Å². The van der Waals surface area contributed by atoms with Crippen LogP contribution in [0.15, 0.2) is 23.2 Å². The van der Waals surface area contributed by atoms with Crippen molar-refractivity contribution in [3.05, 3.63) is 35.4 Å². The second kappa shape index (κ2) is 7.92. The van der Waals surface area contributed by atoms with Crippen molar-refractivity contribution < 1.29 is 8.78 Å². The Morgan fingerprint density at radius 3 is 2.42 bits per heavy atom. The third-order valence-electron chi connectivity index (χ3n) is 4.96. The molecule has 0 bridgehead atoms. The third-order valence-corrected chi connectivity index (χ3v) is 4.96. The maximum absolute atomic E-state index is 13.8. The van der Waals surface area contributed by atoms with Crippen molar-refractivity contribution in [3.8, 4) is 0 Å². The monoisotopic (exact) mass is 336 g/mol. The minimum atomic E-state index is -0.465. The van der Waals surface area contributed by atoms with Crippen LogP contribution in [-0.2, 0) is 6.54 Å². The van der Waals surface area contributed by atoms with Crippen LogP contribution in [0.2, 0.25) is 0 Å². The van der Waals surface area contributed by atoms with E-state index < -0.39 is 11.6 Å². The molecule has 2 N–H and O–H groups in total. The zero-order chi connectivity index (χ0) is 16.9. The average molecular weight is 336 g/mol. The second-order valence-corrected chi connectivity index (χ2v) is 6.76. The molecule has 1 saturated heterocycles. The van der Waals surface area contributed by atoms with Gasteiger partial charge < -0.3 is 10.6 Å². The molecule has 6 heteroatoms. The van der Waals surface area contributed by atoms with Crippen LogP contribution in [0, 0.1) is 11.6 Å². The first-order valence-electron chi connectivity index (χ1n) is 8.81. The van der Waals surface area contributed by atoms with E-state index in [0.29, 0.717) is 12.6 Å². The van der Waals surface area contributed by atoms with Gasteiger partial charge in [-0.15, -0.1) is 0 Å². The number of likely N-dealkylation sites (tertiary alicyclic amines) is 1.